The van der Waals surface area contributed by atoms with Crippen LogP contribution in [0.2, 0.25) is 0 Å². The molecule has 0 saturated heterocycles. The number of pyridine rings is 1. The van der Waals surface area contributed by atoms with Crippen molar-refractivity contribution in [3.05, 3.63) is 77.7 Å². The van der Waals surface area contributed by atoms with Gasteiger partial charge in [-0.05, 0) is 66.8 Å². The molecule has 2 aromatic heterocycles. The smallest absolute Gasteiger partial charge is 0.238 e. The molecule has 0 unspecified atom stereocenters. The van der Waals surface area contributed by atoms with Crippen LogP contribution in [0.15, 0.2) is 65.8 Å². The van der Waals surface area contributed by atoms with Crippen molar-refractivity contribution in [3.63, 3.8) is 0 Å². The molecule has 6 nitrogen and oxygen atoms in total. The van der Waals surface area contributed by atoms with Gasteiger partial charge in [0.25, 0.3) is 0 Å². The number of aromatic amines is 1. The number of aromatic nitrogens is 3. The number of rotatable bonds is 4. The fourth-order valence-electron chi connectivity index (χ4n) is 3.73. The molecule has 0 bridgehead atoms. The molecule has 0 fully saturated rings. The molecule has 0 saturated carbocycles. The number of sulfonamides is 1. The lowest BCUT2D eigenvalue weighted by molar-refractivity contribution is 0.597. The Bertz CT molecular complexity index is 1330. The molecule has 152 valence electrons. The fraction of sp³-hybridized carbons (Fsp3) is 0.130. The first-order valence-corrected chi connectivity index (χ1v) is 11.0. The van der Waals surface area contributed by atoms with E-state index in [9.17, 15) is 8.42 Å². The standard InChI is InChI=1S/C23H22N4O2S/c1-14-15(2)21(30(24,28)29)9-8-20(14)17-4-6-18(7-5-17)22-16(3)26-27-23(22)19-10-12-25-13-11-19/h4-13H,1-3H3,(H,26,27)(H2,24,28,29). The Kier molecular flexibility index (Phi) is 5.01. The van der Waals surface area contributed by atoms with E-state index in [0.717, 1.165) is 44.8 Å². The van der Waals surface area contributed by atoms with Crippen molar-refractivity contribution >= 4 is 10.0 Å². The minimum absolute atomic E-state index is 0.163. The van der Waals surface area contributed by atoms with E-state index in [2.05, 4.69) is 27.3 Å². The fourth-order valence-corrected chi connectivity index (χ4v) is 4.57. The van der Waals surface area contributed by atoms with E-state index < -0.39 is 10.0 Å². The Morgan fingerprint density at radius 3 is 2.07 bits per heavy atom. The summed E-state index contributed by atoms with van der Waals surface area (Å²) >= 11 is 0. The van der Waals surface area contributed by atoms with Crippen molar-refractivity contribution in [2.45, 2.75) is 25.7 Å². The molecule has 0 amide bonds. The summed E-state index contributed by atoms with van der Waals surface area (Å²) in [5.74, 6) is 0. The van der Waals surface area contributed by atoms with Crippen LogP contribution in [-0.4, -0.2) is 23.6 Å². The summed E-state index contributed by atoms with van der Waals surface area (Å²) in [6.45, 7) is 5.69. The molecule has 0 spiro atoms. The Morgan fingerprint density at radius 1 is 0.800 bits per heavy atom. The lowest BCUT2D eigenvalue weighted by Gasteiger charge is -2.13. The number of benzene rings is 2. The lowest BCUT2D eigenvalue weighted by atomic mass is 9.94. The van der Waals surface area contributed by atoms with Gasteiger partial charge in [0.15, 0.2) is 0 Å². The highest BCUT2D eigenvalue weighted by Crippen LogP contribution is 2.35. The van der Waals surface area contributed by atoms with Crippen LogP contribution < -0.4 is 5.14 Å². The minimum atomic E-state index is -3.74. The number of hydrogen-bond acceptors (Lipinski definition) is 4. The summed E-state index contributed by atoms with van der Waals surface area (Å²) < 4.78 is 23.6. The van der Waals surface area contributed by atoms with Gasteiger partial charge in [0.2, 0.25) is 10.0 Å². The molecule has 3 N–H and O–H groups in total. The van der Waals surface area contributed by atoms with E-state index in [1.807, 2.05) is 44.2 Å². The minimum Gasteiger partial charge on any atom is -0.282 e. The number of primary sulfonamides is 1. The molecular weight excluding hydrogens is 396 g/mol. The summed E-state index contributed by atoms with van der Waals surface area (Å²) in [5.41, 5.74) is 8.51. The van der Waals surface area contributed by atoms with Gasteiger partial charge in [-0.25, -0.2) is 13.6 Å². The Morgan fingerprint density at radius 2 is 1.43 bits per heavy atom. The molecule has 2 aromatic carbocycles. The van der Waals surface area contributed by atoms with Gasteiger partial charge in [-0.3, -0.25) is 10.1 Å². The topological polar surface area (TPSA) is 102 Å². The summed E-state index contributed by atoms with van der Waals surface area (Å²) in [5, 5.41) is 12.9. The zero-order valence-electron chi connectivity index (χ0n) is 17.0. The number of aryl methyl sites for hydroxylation is 1. The largest absolute Gasteiger partial charge is 0.282 e. The molecule has 2 heterocycles. The van der Waals surface area contributed by atoms with E-state index in [4.69, 9.17) is 5.14 Å². The Hall–Kier alpha value is -3.29. The maximum atomic E-state index is 11.8. The first-order valence-electron chi connectivity index (χ1n) is 9.46. The number of nitrogens with zero attached hydrogens (tertiary/aromatic N) is 2. The van der Waals surface area contributed by atoms with Crippen LogP contribution in [0.5, 0.6) is 0 Å². The van der Waals surface area contributed by atoms with Gasteiger partial charge in [0.05, 0.1) is 4.90 Å². The average Bonchev–Trinajstić information content (AvgIpc) is 3.11. The first kappa shape index (κ1) is 20.0. The number of hydrogen-bond donors (Lipinski definition) is 2. The average molecular weight is 419 g/mol. The van der Waals surface area contributed by atoms with Crippen molar-refractivity contribution in [2.24, 2.45) is 5.14 Å². The first-order chi connectivity index (χ1) is 14.3. The predicted molar refractivity (Wildman–Crippen MR) is 118 cm³/mol. The summed E-state index contributed by atoms with van der Waals surface area (Å²) in [6.07, 6.45) is 3.51. The maximum Gasteiger partial charge on any atom is 0.238 e. The zero-order valence-corrected chi connectivity index (χ0v) is 17.8. The number of nitrogens with one attached hydrogen (secondary N) is 1. The van der Waals surface area contributed by atoms with E-state index in [0.29, 0.717) is 5.56 Å². The molecule has 0 aliphatic heterocycles. The van der Waals surface area contributed by atoms with Gasteiger partial charge in [-0.15, -0.1) is 0 Å². The molecular formula is C23H22N4O2S. The van der Waals surface area contributed by atoms with Crippen molar-refractivity contribution < 1.29 is 8.42 Å². The molecule has 0 atom stereocenters. The summed E-state index contributed by atoms with van der Waals surface area (Å²) in [7, 11) is -3.74. The van der Waals surface area contributed by atoms with Crippen LogP contribution in [0.4, 0.5) is 0 Å². The van der Waals surface area contributed by atoms with Crippen LogP contribution >= 0.6 is 0 Å². The molecule has 7 heteroatoms. The van der Waals surface area contributed by atoms with Crippen molar-refractivity contribution in [1.82, 2.24) is 15.2 Å². The molecule has 30 heavy (non-hydrogen) atoms. The zero-order chi connectivity index (χ0) is 21.5. The summed E-state index contributed by atoms with van der Waals surface area (Å²) in [6, 6.07) is 15.4. The molecule has 0 radical (unpaired) electrons. The highest BCUT2D eigenvalue weighted by atomic mass is 32.2. The monoisotopic (exact) mass is 418 g/mol. The predicted octanol–water partition coefficient (Wildman–Crippen LogP) is 4.38. The Balaban J connectivity index is 1.76. The van der Waals surface area contributed by atoms with Crippen LogP contribution in [0.1, 0.15) is 16.8 Å². The van der Waals surface area contributed by atoms with Gasteiger partial charge < -0.3 is 0 Å². The van der Waals surface area contributed by atoms with Crippen molar-refractivity contribution in [1.29, 1.82) is 0 Å². The van der Waals surface area contributed by atoms with Crippen LogP contribution in [0.3, 0.4) is 0 Å². The molecule has 0 aliphatic rings. The summed E-state index contributed by atoms with van der Waals surface area (Å²) in [4.78, 5) is 4.24. The highest BCUT2D eigenvalue weighted by Gasteiger charge is 2.17. The van der Waals surface area contributed by atoms with Gasteiger partial charge in [-0.1, -0.05) is 30.3 Å². The van der Waals surface area contributed by atoms with Crippen molar-refractivity contribution in [3.8, 4) is 33.5 Å². The van der Waals surface area contributed by atoms with Gasteiger partial charge in [-0.2, -0.15) is 5.10 Å². The van der Waals surface area contributed by atoms with Crippen molar-refractivity contribution in [2.75, 3.05) is 0 Å². The molecule has 0 aliphatic carbocycles. The van der Waals surface area contributed by atoms with E-state index in [-0.39, 0.29) is 4.90 Å². The quantitative estimate of drug-likeness (QED) is 0.513. The second-order valence-corrected chi connectivity index (χ2v) is 8.82. The lowest BCUT2D eigenvalue weighted by Crippen LogP contribution is -2.14. The second kappa shape index (κ2) is 7.51. The SMILES string of the molecule is Cc1[nH]nc(-c2ccncc2)c1-c1ccc(-c2ccc(S(N)(=O)=O)c(C)c2C)cc1. The van der Waals surface area contributed by atoms with Crippen LogP contribution in [0.25, 0.3) is 33.5 Å². The molecule has 4 rings (SSSR count). The number of H-pyrrole nitrogens is 1. The third kappa shape index (κ3) is 3.53. The normalized spacial score (nSPS) is 11.6. The second-order valence-electron chi connectivity index (χ2n) is 7.29. The molecule has 4 aromatic rings. The third-order valence-electron chi connectivity index (χ3n) is 5.43. The van der Waals surface area contributed by atoms with Gasteiger partial charge in [0, 0.05) is 29.2 Å². The van der Waals surface area contributed by atoms with Crippen LogP contribution in [0, 0.1) is 20.8 Å². The number of nitrogens with two attached hydrogens (primary N) is 1. The third-order valence-corrected chi connectivity index (χ3v) is 6.48. The highest BCUT2D eigenvalue weighted by molar-refractivity contribution is 7.89. The maximum absolute atomic E-state index is 11.8. The van der Waals surface area contributed by atoms with Gasteiger partial charge in [0.1, 0.15) is 5.69 Å². The van der Waals surface area contributed by atoms with E-state index in [1.54, 1.807) is 25.4 Å². The van der Waals surface area contributed by atoms with Gasteiger partial charge >= 0.3 is 0 Å². The van der Waals surface area contributed by atoms with E-state index >= 15 is 0 Å². The van der Waals surface area contributed by atoms with Crippen LogP contribution in [-0.2, 0) is 10.0 Å². The Labute approximate surface area is 175 Å². The van der Waals surface area contributed by atoms with E-state index in [1.165, 1.54) is 0 Å².